The molecule has 2 nitrogen and oxygen atoms in total. The Balaban J connectivity index is 2.12. The van der Waals surface area contributed by atoms with E-state index in [-0.39, 0.29) is 5.41 Å². The molecule has 5 fully saturated rings. The van der Waals surface area contributed by atoms with Crippen molar-refractivity contribution in [1.29, 1.82) is 0 Å². The van der Waals surface area contributed by atoms with Crippen molar-refractivity contribution in [3.8, 4) is 0 Å². The van der Waals surface area contributed by atoms with Crippen molar-refractivity contribution in [2.45, 2.75) is 33.1 Å². The highest BCUT2D eigenvalue weighted by Gasteiger charge is 2.89. The number of hydrogen-bond acceptors (Lipinski definition) is 2. The fraction of sp³-hybridized carbons (Fsp3) is 0.900. The summed E-state index contributed by atoms with van der Waals surface area (Å²) >= 11 is 0. The molecule has 4 bridgehead atoms. The van der Waals surface area contributed by atoms with Crippen LogP contribution in [-0.4, -0.2) is 5.97 Å². The van der Waals surface area contributed by atoms with Crippen LogP contribution in [0.4, 0.5) is 0 Å². The van der Waals surface area contributed by atoms with Crippen molar-refractivity contribution in [2.24, 2.45) is 22.2 Å². The average molecular weight is 165 g/mol. The lowest BCUT2D eigenvalue weighted by Gasteiger charge is -2.83. The first-order valence-electron chi connectivity index (χ1n) is 4.70. The van der Waals surface area contributed by atoms with E-state index in [0.717, 1.165) is 19.3 Å². The van der Waals surface area contributed by atoms with Gasteiger partial charge in [0, 0.05) is 11.4 Å². The molecule has 4 atom stereocenters. The minimum Gasteiger partial charge on any atom is -0.550 e. The summed E-state index contributed by atoms with van der Waals surface area (Å²) in [7, 11) is 0. The second-order valence-corrected chi connectivity index (χ2v) is 5.28. The lowest BCUT2D eigenvalue weighted by Crippen LogP contribution is -2.82. The number of carboxylic acids is 1. The summed E-state index contributed by atoms with van der Waals surface area (Å²) in [6.45, 7) is 4.38. The fourth-order valence-electron chi connectivity index (χ4n) is 4.67. The van der Waals surface area contributed by atoms with Gasteiger partial charge in [0.25, 0.3) is 0 Å². The molecule has 5 saturated carbocycles. The molecule has 0 heterocycles. The molecular formula is C10H13O2-. The van der Waals surface area contributed by atoms with Crippen LogP contribution < -0.4 is 5.11 Å². The molecule has 0 aliphatic heterocycles. The molecule has 0 aromatic rings. The summed E-state index contributed by atoms with van der Waals surface area (Å²) in [5.74, 6) is -0.337. The summed E-state index contributed by atoms with van der Waals surface area (Å²) in [4.78, 5) is 11.0. The maximum absolute atomic E-state index is 11.0. The van der Waals surface area contributed by atoms with E-state index < -0.39 is 11.4 Å². The average Bonchev–Trinajstić information content (AvgIpc) is 2.33. The Labute approximate surface area is 72.0 Å². The van der Waals surface area contributed by atoms with E-state index in [2.05, 4.69) is 13.8 Å². The zero-order valence-corrected chi connectivity index (χ0v) is 7.52. The molecule has 5 aliphatic carbocycles. The van der Waals surface area contributed by atoms with E-state index >= 15 is 0 Å². The molecule has 2 unspecified atom stereocenters. The van der Waals surface area contributed by atoms with Crippen molar-refractivity contribution < 1.29 is 9.90 Å². The number of carbonyl (C=O) groups is 1. The van der Waals surface area contributed by atoms with Gasteiger partial charge in [0.1, 0.15) is 0 Å². The van der Waals surface area contributed by atoms with E-state index in [0.29, 0.717) is 11.3 Å². The third-order valence-corrected chi connectivity index (χ3v) is 5.55. The van der Waals surface area contributed by atoms with Gasteiger partial charge in [0.15, 0.2) is 0 Å². The number of carbonyl (C=O) groups excluding carboxylic acids is 1. The number of rotatable bonds is 1. The molecule has 66 valence electrons. The second kappa shape index (κ2) is 1.34. The zero-order valence-electron chi connectivity index (χ0n) is 7.52. The molecule has 5 aliphatic rings. The van der Waals surface area contributed by atoms with Gasteiger partial charge in [-0.25, -0.2) is 0 Å². The number of fused-ring (bicyclic) bond motifs is 1. The predicted octanol–water partition coefficient (Wildman–Crippen LogP) is 0.563. The van der Waals surface area contributed by atoms with E-state index in [4.69, 9.17) is 0 Å². The Morgan fingerprint density at radius 3 is 2.42 bits per heavy atom. The molecular weight excluding hydrogens is 152 g/mol. The first kappa shape index (κ1) is 6.93. The number of carboxylic acid groups (broad SMARTS) is 1. The molecule has 0 amide bonds. The monoisotopic (exact) mass is 165 g/mol. The summed E-state index contributed by atoms with van der Waals surface area (Å²) in [5, 5.41) is 11.0. The largest absolute Gasteiger partial charge is 0.550 e. The SMILES string of the molecule is CC12CC3(C(=O)[O-])[C@H]1CC[C@]23C. The van der Waals surface area contributed by atoms with Crippen molar-refractivity contribution in [3.05, 3.63) is 0 Å². The third kappa shape index (κ3) is 0.301. The summed E-state index contributed by atoms with van der Waals surface area (Å²) in [6.07, 6.45) is 3.09. The highest BCUT2D eigenvalue weighted by Crippen LogP contribution is 2.93. The standard InChI is InChI=1S/C10H14O2/c1-8-5-10(7(11)12)6(8)3-4-9(8,10)2/h6H,3-5H2,1-2H3,(H,11,12)/p-1/t6-,8?,9+,10?/m0/s1. The Morgan fingerprint density at radius 1 is 1.50 bits per heavy atom. The van der Waals surface area contributed by atoms with Crippen LogP contribution in [0.1, 0.15) is 33.1 Å². The fourth-order valence-corrected chi connectivity index (χ4v) is 4.67. The van der Waals surface area contributed by atoms with Gasteiger partial charge in [0.05, 0.1) is 0 Å². The quantitative estimate of drug-likeness (QED) is 0.569. The van der Waals surface area contributed by atoms with E-state index in [1.807, 2.05) is 0 Å². The highest BCUT2D eigenvalue weighted by atomic mass is 16.4. The van der Waals surface area contributed by atoms with Crippen LogP contribution in [-0.2, 0) is 4.79 Å². The summed E-state index contributed by atoms with van der Waals surface area (Å²) < 4.78 is 0. The number of aliphatic carboxylic acids is 1. The van der Waals surface area contributed by atoms with E-state index in [1.165, 1.54) is 0 Å². The molecule has 0 radical (unpaired) electrons. The molecule has 5 rings (SSSR count). The number of hydrogen-bond donors (Lipinski definition) is 0. The summed E-state index contributed by atoms with van der Waals surface area (Å²) in [6, 6.07) is 0. The van der Waals surface area contributed by atoms with Gasteiger partial charge in [-0.05, 0) is 36.0 Å². The van der Waals surface area contributed by atoms with Crippen LogP contribution in [0.5, 0.6) is 0 Å². The van der Waals surface area contributed by atoms with Gasteiger partial charge in [-0.2, -0.15) is 0 Å². The van der Waals surface area contributed by atoms with E-state index in [9.17, 15) is 9.90 Å². The lowest BCUT2D eigenvalue weighted by molar-refractivity contribution is -0.401. The smallest absolute Gasteiger partial charge is 0.0485 e. The molecule has 2 heteroatoms. The van der Waals surface area contributed by atoms with Crippen LogP contribution in [0, 0.1) is 22.2 Å². The van der Waals surface area contributed by atoms with Crippen LogP contribution in [0.15, 0.2) is 0 Å². The molecule has 12 heavy (non-hydrogen) atoms. The zero-order chi connectivity index (χ0) is 8.78. The Hall–Kier alpha value is -0.530. The van der Waals surface area contributed by atoms with Gasteiger partial charge in [-0.1, -0.05) is 13.8 Å². The topological polar surface area (TPSA) is 40.1 Å². The van der Waals surface area contributed by atoms with Crippen molar-refractivity contribution in [2.75, 3.05) is 0 Å². The lowest BCUT2D eigenvalue weighted by atomic mass is 9.22. The van der Waals surface area contributed by atoms with Crippen LogP contribution in [0.3, 0.4) is 0 Å². The predicted molar refractivity (Wildman–Crippen MR) is 41.0 cm³/mol. The first-order chi connectivity index (χ1) is 5.49. The first-order valence-corrected chi connectivity index (χ1v) is 4.70. The Kier molecular flexibility index (Phi) is 0.774. The summed E-state index contributed by atoms with van der Waals surface area (Å²) in [5.41, 5.74) is 0.0400. The van der Waals surface area contributed by atoms with Crippen molar-refractivity contribution in [1.82, 2.24) is 0 Å². The third-order valence-electron chi connectivity index (χ3n) is 5.55. The van der Waals surface area contributed by atoms with Gasteiger partial charge >= 0.3 is 0 Å². The van der Waals surface area contributed by atoms with Crippen LogP contribution >= 0.6 is 0 Å². The highest BCUT2D eigenvalue weighted by molar-refractivity contribution is 5.81. The van der Waals surface area contributed by atoms with Crippen molar-refractivity contribution >= 4 is 5.97 Å². The molecule has 0 aromatic carbocycles. The Bertz CT molecular complexity index is 298. The van der Waals surface area contributed by atoms with Gasteiger partial charge in [-0.15, -0.1) is 0 Å². The van der Waals surface area contributed by atoms with Crippen molar-refractivity contribution in [3.63, 3.8) is 0 Å². The normalized spacial score (nSPS) is 65.3. The van der Waals surface area contributed by atoms with E-state index in [1.54, 1.807) is 0 Å². The van der Waals surface area contributed by atoms with Crippen LogP contribution in [0.25, 0.3) is 0 Å². The van der Waals surface area contributed by atoms with Gasteiger partial charge < -0.3 is 9.90 Å². The second-order valence-electron chi connectivity index (χ2n) is 5.28. The maximum Gasteiger partial charge on any atom is 0.0485 e. The van der Waals surface area contributed by atoms with Crippen LogP contribution in [0.2, 0.25) is 0 Å². The molecule has 0 saturated heterocycles. The Morgan fingerprint density at radius 2 is 2.17 bits per heavy atom. The molecule has 0 spiro atoms. The molecule has 0 N–H and O–H groups in total. The van der Waals surface area contributed by atoms with Gasteiger partial charge in [0.2, 0.25) is 0 Å². The molecule has 0 aromatic heterocycles. The minimum absolute atomic E-state index is 0.0868. The van der Waals surface area contributed by atoms with Gasteiger partial charge in [-0.3, -0.25) is 0 Å². The minimum atomic E-state index is -0.781. The maximum atomic E-state index is 11.0.